The average Bonchev–Trinajstić information content (AvgIpc) is 3.08. The third-order valence-electron chi connectivity index (χ3n) is 5.64. The quantitative estimate of drug-likeness (QED) is 0.621. The number of hydrogen-bond donors (Lipinski definition) is 0. The van der Waals surface area contributed by atoms with Gasteiger partial charge in [-0.2, -0.15) is 5.06 Å². The van der Waals surface area contributed by atoms with Crippen LogP contribution in [-0.2, 0) is 10.4 Å². The second-order valence-electron chi connectivity index (χ2n) is 6.73. The van der Waals surface area contributed by atoms with E-state index in [0.29, 0.717) is 0 Å². The number of rotatable bonds is 2. The molecule has 3 heterocycles. The molecule has 2 saturated heterocycles. The van der Waals surface area contributed by atoms with Crippen molar-refractivity contribution in [1.82, 2.24) is 5.06 Å². The van der Waals surface area contributed by atoms with Crippen LogP contribution in [0.5, 0.6) is 0 Å². The van der Waals surface area contributed by atoms with Gasteiger partial charge >= 0.3 is 0 Å². The van der Waals surface area contributed by atoms with Gasteiger partial charge in [0.2, 0.25) is 0 Å². The molecule has 0 saturated carbocycles. The van der Waals surface area contributed by atoms with Gasteiger partial charge in [-0.15, -0.1) is 0 Å². The number of nitrogens with zero attached hydrogens (tertiary/aromatic N) is 2. The van der Waals surface area contributed by atoms with Gasteiger partial charge in [0.05, 0.1) is 22.1 Å². The van der Waals surface area contributed by atoms with Crippen molar-refractivity contribution in [3.63, 3.8) is 0 Å². The van der Waals surface area contributed by atoms with Gasteiger partial charge in [0.1, 0.15) is 0 Å². The second kappa shape index (κ2) is 3.86. The molecule has 1 spiro atoms. The summed E-state index contributed by atoms with van der Waals surface area (Å²) in [5.74, 6) is 0. The molecule has 2 fully saturated rings. The van der Waals surface area contributed by atoms with Crippen LogP contribution < -0.4 is 0 Å². The van der Waals surface area contributed by atoms with Crippen LogP contribution in [0.15, 0.2) is 48.1 Å². The van der Waals surface area contributed by atoms with Crippen LogP contribution in [-0.4, -0.2) is 21.6 Å². The Morgan fingerprint density at radius 1 is 1.27 bits per heavy atom. The van der Waals surface area contributed by atoms with E-state index in [9.17, 15) is 10.1 Å². The lowest BCUT2D eigenvalue weighted by atomic mass is 9.76. The van der Waals surface area contributed by atoms with E-state index < -0.39 is 0 Å². The van der Waals surface area contributed by atoms with E-state index in [0.717, 1.165) is 31.2 Å². The molecule has 5 nitrogen and oxygen atoms in total. The molecule has 0 N–H and O–H groups in total. The highest BCUT2D eigenvalue weighted by Crippen LogP contribution is 2.63. The monoisotopic (exact) mass is 296 g/mol. The third-order valence-corrected chi connectivity index (χ3v) is 5.64. The molecule has 1 aliphatic carbocycles. The highest BCUT2D eigenvalue weighted by atomic mass is 16.7. The minimum absolute atomic E-state index is 0.0272. The van der Waals surface area contributed by atoms with Gasteiger partial charge < -0.3 is 0 Å². The lowest BCUT2D eigenvalue weighted by Crippen LogP contribution is -2.50. The molecule has 4 aliphatic rings. The summed E-state index contributed by atoms with van der Waals surface area (Å²) in [4.78, 5) is 16.7. The lowest BCUT2D eigenvalue weighted by Gasteiger charge is -2.42. The van der Waals surface area contributed by atoms with Gasteiger partial charge in [-0.1, -0.05) is 18.2 Å². The number of piperidine rings is 1. The van der Waals surface area contributed by atoms with Crippen LogP contribution in [0.2, 0.25) is 0 Å². The zero-order valence-electron chi connectivity index (χ0n) is 12.1. The molecule has 3 aliphatic heterocycles. The summed E-state index contributed by atoms with van der Waals surface area (Å²) < 4.78 is 0. The molecular weight excluding hydrogens is 280 g/mol. The van der Waals surface area contributed by atoms with Crippen LogP contribution in [0.3, 0.4) is 0 Å². The number of fused-ring (bicyclic) bond motifs is 1. The molecule has 2 bridgehead atoms. The molecule has 3 atom stereocenters. The molecule has 3 unspecified atom stereocenters. The predicted molar refractivity (Wildman–Crippen MR) is 79.9 cm³/mol. The van der Waals surface area contributed by atoms with Crippen molar-refractivity contribution >= 4 is 5.69 Å². The van der Waals surface area contributed by atoms with Crippen molar-refractivity contribution in [2.24, 2.45) is 0 Å². The van der Waals surface area contributed by atoms with Crippen molar-refractivity contribution in [3.05, 3.63) is 63.7 Å². The highest BCUT2D eigenvalue weighted by Gasteiger charge is 2.67. The second-order valence-corrected chi connectivity index (χ2v) is 6.73. The maximum absolute atomic E-state index is 10.9. The fourth-order valence-electron chi connectivity index (χ4n) is 4.78. The maximum atomic E-state index is 10.9. The number of nitro benzene ring substituents is 1. The van der Waals surface area contributed by atoms with E-state index in [2.05, 4.69) is 23.3 Å². The Morgan fingerprint density at radius 2 is 2.09 bits per heavy atom. The van der Waals surface area contributed by atoms with E-state index >= 15 is 0 Å². The molecule has 1 aromatic carbocycles. The largest absolute Gasteiger partial charge is 0.293 e. The van der Waals surface area contributed by atoms with E-state index in [4.69, 9.17) is 4.84 Å². The normalized spacial score (nSPS) is 38.2. The van der Waals surface area contributed by atoms with Gasteiger partial charge in [0.15, 0.2) is 0 Å². The predicted octanol–water partition coefficient (Wildman–Crippen LogP) is 3.23. The summed E-state index contributed by atoms with van der Waals surface area (Å²) in [6.45, 7) is 0. The SMILES string of the molecule is O=[N+]([O-])c1ccc(C23C=C4C=CCCC45CC(C2)ON53)cc1. The van der Waals surface area contributed by atoms with Gasteiger partial charge in [0, 0.05) is 25.0 Å². The zero-order valence-corrected chi connectivity index (χ0v) is 12.1. The van der Waals surface area contributed by atoms with Crippen LogP contribution in [0.4, 0.5) is 5.69 Å². The smallest absolute Gasteiger partial charge is 0.269 e. The van der Waals surface area contributed by atoms with Crippen molar-refractivity contribution in [3.8, 4) is 0 Å². The fourth-order valence-corrected chi connectivity index (χ4v) is 4.78. The Bertz CT molecular complexity index is 739. The standard InChI is InChI=1S/C17H16N2O3/c20-18(21)14-6-4-12(5-7-14)17-9-13-3-1-2-8-16(13)10-15(11-17)22-19(16)17/h1,3-7,9,15H,2,8,10-11H2. The first-order chi connectivity index (χ1) is 10.6. The van der Waals surface area contributed by atoms with E-state index in [-0.39, 0.29) is 27.8 Å². The summed E-state index contributed by atoms with van der Waals surface area (Å²) in [7, 11) is 0. The topological polar surface area (TPSA) is 55.6 Å². The summed E-state index contributed by atoms with van der Waals surface area (Å²) in [6.07, 6.45) is 11.2. The van der Waals surface area contributed by atoms with Crippen LogP contribution in [0.25, 0.3) is 0 Å². The minimum Gasteiger partial charge on any atom is -0.293 e. The first-order valence-electron chi connectivity index (χ1n) is 7.76. The van der Waals surface area contributed by atoms with E-state index in [1.54, 1.807) is 12.1 Å². The lowest BCUT2D eigenvalue weighted by molar-refractivity contribution is -0.384. The van der Waals surface area contributed by atoms with Crippen molar-refractivity contribution < 1.29 is 9.76 Å². The van der Waals surface area contributed by atoms with Gasteiger partial charge in [-0.3, -0.25) is 15.0 Å². The molecule has 22 heavy (non-hydrogen) atoms. The number of nitro groups is 1. The number of non-ortho nitro benzene ring substituents is 1. The molecule has 5 heteroatoms. The fraction of sp³-hybridized carbons (Fsp3) is 0.412. The van der Waals surface area contributed by atoms with Gasteiger partial charge in [-0.05, 0) is 36.1 Å². The summed E-state index contributed by atoms with van der Waals surface area (Å²) in [6, 6.07) is 6.96. The summed E-state index contributed by atoms with van der Waals surface area (Å²) >= 11 is 0. The molecule has 5 rings (SSSR count). The van der Waals surface area contributed by atoms with Crippen LogP contribution in [0, 0.1) is 10.1 Å². The van der Waals surface area contributed by atoms with Gasteiger partial charge in [0.25, 0.3) is 5.69 Å². The van der Waals surface area contributed by atoms with Crippen molar-refractivity contribution in [2.45, 2.75) is 42.9 Å². The maximum Gasteiger partial charge on any atom is 0.269 e. The Morgan fingerprint density at radius 3 is 2.82 bits per heavy atom. The summed E-state index contributed by atoms with van der Waals surface area (Å²) in [5, 5.41) is 13.1. The highest BCUT2D eigenvalue weighted by molar-refractivity contribution is 5.51. The molecule has 0 amide bonds. The first-order valence-corrected chi connectivity index (χ1v) is 7.76. The number of allylic oxidation sites excluding steroid dienone is 1. The number of hydroxylamine groups is 2. The van der Waals surface area contributed by atoms with Crippen molar-refractivity contribution in [2.75, 3.05) is 0 Å². The van der Waals surface area contributed by atoms with Gasteiger partial charge in [-0.25, -0.2) is 0 Å². The molecule has 0 radical (unpaired) electrons. The van der Waals surface area contributed by atoms with E-state index in [1.165, 1.54) is 5.57 Å². The summed E-state index contributed by atoms with van der Waals surface area (Å²) in [5.41, 5.74) is 2.37. The molecular formula is C17H16N2O3. The Labute approximate surface area is 128 Å². The molecule has 1 aromatic rings. The van der Waals surface area contributed by atoms with Crippen molar-refractivity contribution in [1.29, 1.82) is 0 Å². The first kappa shape index (κ1) is 12.6. The average molecular weight is 296 g/mol. The molecule has 0 aromatic heterocycles. The van der Waals surface area contributed by atoms with E-state index in [1.807, 2.05) is 12.1 Å². The minimum atomic E-state index is -0.351. The zero-order chi connectivity index (χ0) is 14.9. The number of hydrogen-bond acceptors (Lipinski definition) is 4. The third kappa shape index (κ3) is 1.31. The van der Waals surface area contributed by atoms with Crippen LogP contribution >= 0.6 is 0 Å². The Hall–Kier alpha value is -1.98. The Kier molecular flexibility index (Phi) is 2.20. The molecule has 112 valence electrons. The Balaban J connectivity index is 1.64. The van der Waals surface area contributed by atoms with Crippen LogP contribution in [0.1, 0.15) is 31.2 Å². The number of benzene rings is 1.